The first kappa shape index (κ1) is 17.4. The predicted octanol–water partition coefficient (Wildman–Crippen LogP) is 1.89. The third-order valence-electron chi connectivity index (χ3n) is 5.94. The summed E-state index contributed by atoms with van der Waals surface area (Å²) in [5.41, 5.74) is 3.52. The molecule has 1 saturated heterocycles. The highest BCUT2D eigenvalue weighted by molar-refractivity contribution is 6.07. The molecule has 1 aromatic carbocycles. The number of carbonyl (C=O) groups is 2. The number of anilines is 1. The van der Waals surface area contributed by atoms with Crippen molar-refractivity contribution in [2.24, 2.45) is 0 Å². The zero-order chi connectivity index (χ0) is 19.1. The molecule has 1 fully saturated rings. The second-order valence-corrected chi connectivity index (χ2v) is 7.58. The number of para-hydroxylation sites is 1. The van der Waals surface area contributed by atoms with E-state index < -0.39 is 0 Å². The van der Waals surface area contributed by atoms with E-state index in [2.05, 4.69) is 11.1 Å². The average Bonchev–Trinajstić information content (AvgIpc) is 3.35. The fourth-order valence-corrected chi connectivity index (χ4v) is 4.46. The largest absolute Gasteiger partial charge is 0.378 e. The minimum atomic E-state index is -0.0904. The van der Waals surface area contributed by atoms with Crippen LogP contribution in [0.25, 0.3) is 0 Å². The number of nitrogens with zero attached hydrogens (tertiary/aromatic N) is 4. The third kappa shape index (κ3) is 2.81. The van der Waals surface area contributed by atoms with Crippen LogP contribution in [-0.2, 0) is 24.1 Å². The zero-order valence-corrected chi connectivity index (χ0v) is 15.9. The summed E-state index contributed by atoms with van der Waals surface area (Å²) < 4.78 is 7.34. The first-order valence-corrected chi connectivity index (χ1v) is 10.1. The SMILES string of the molecule is O=C(c1nc(C(=O)N2CCc3ccccc32)c2n1CCCC2)N1CCOCC1. The molecule has 146 valence electrons. The van der Waals surface area contributed by atoms with Crippen LogP contribution >= 0.6 is 0 Å². The molecule has 0 atom stereocenters. The number of imidazole rings is 1. The normalized spacial score (nSPS) is 18.7. The number of morpholine rings is 1. The summed E-state index contributed by atoms with van der Waals surface area (Å²) in [6.45, 7) is 3.66. The number of benzene rings is 1. The van der Waals surface area contributed by atoms with E-state index in [-0.39, 0.29) is 11.8 Å². The topological polar surface area (TPSA) is 67.7 Å². The third-order valence-corrected chi connectivity index (χ3v) is 5.94. The van der Waals surface area contributed by atoms with E-state index in [1.54, 1.807) is 4.90 Å². The lowest BCUT2D eigenvalue weighted by Crippen LogP contribution is -2.42. The van der Waals surface area contributed by atoms with E-state index in [9.17, 15) is 9.59 Å². The van der Waals surface area contributed by atoms with Crippen molar-refractivity contribution in [1.82, 2.24) is 14.5 Å². The van der Waals surface area contributed by atoms with E-state index in [1.165, 1.54) is 5.56 Å². The predicted molar refractivity (Wildman–Crippen MR) is 104 cm³/mol. The average molecular weight is 380 g/mol. The number of ether oxygens (including phenoxy) is 1. The Morgan fingerprint density at radius 2 is 1.75 bits per heavy atom. The van der Waals surface area contributed by atoms with Crippen molar-refractivity contribution in [3.63, 3.8) is 0 Å². The van der Waals surface area contributed by atoms with Gasteiger partial charge in [-0.2, -0.15) is 0 Å². The summed E-state index contributed by atoms with van der Waals surface area (Å²) in [5, 5.41) is 0. The lowest BCUT2D eigenvalue weighted by atomic mass is 10.1. The molecule has 0 saturated carbocycles. The van der Waals surface area contributed by atoms with Gasteiger partial charge in [-0.15, -0.1) is 0 Å². The van der Waals surface area contributed by atoms with Crippen LogP contribution in [0.4, 0.5) is 5.69 Å². The molecule has 0 spiro atoms. The summed E-state index contributed by atoms with van der Waals surface area (Å²) >= 11 is 0. The van der Waals surface area contributed by atoms with E-state index >= 15 is 0 Å². The maximum atomic E-state index is 13.4. The van der Waals surface area contributed by atoms with Gasteiger partial charge in [0.25, 0.3) is 11.8 Å². The van der Waals surface area contributed by atoms with Crippen molar-refractivity contribution >= 4 is 17.5 Å². The Balaban J connectivity index is 1.51. The Hall–Kier alpha value is -2.67. The molecule has 0 unspecified atom stereocenters. The summed E-state index contributed by atoms with van der Waals surface area (Å²) in [6, 6.07) is 8.02. The second kappa shape index (κ2) is 7.05. The molecule has 7 heteroatoms. The molecule has 0 N–H and O–H groups in total. The highest BCUT2D eigenvalue weighted by Crippen LogP contribution is 2.31. The van der Waals surface area contributed by atoms with Gasteiger partial charge >= 0.3 is 0 Å². The molecule has 28 heavy (non-hydrogen) atoms. The Kier molecular flexibility index (Phi) is 4.39. The summed E-state index contributed by atoms with van der Waals surface area (Å²) in [5.74, 6) is 0.233. The van der Waals surface area contributed by atoms with Crippen molar-refractivity contribution in [3.8, 4) is 0 Å². The van der Waals surface area contributed by atoms with Crippen molar-refractivity contribution in [1.29, 1.82) is 0 Å². The number of aromatic nitrogens is 2. The standard InChI is InChI=1S/C21H24N4O3/c26-20(25-10-8-15-5-1-2-6-16(15)25)18-17-7-3-4-9-24(17)19(22-18)21(27)23-11-13-28-14-12-23/h1-2,5-6H,3-4,7-14H2. The van der Waals surface area contributed by atoms with Gasteiger partial charge in [0, 0.05) is 31.9 Å². The summed E-state index contributed by atoms with van der Waals surface area (Å²) in [7, 11) is 0. The smallest absolute Gasteiger partial charge is 0.290 e. The van der Waals surface area contributed by atoms with Gasteiger partial charge in [0.05, 0.1) is 18.9 Å². The Labute approximate surface area is 163 Å². The number of hydrogen-bond donors (Lipinski definition) is 0. The Bertz CT molecular complexity index is 930. The van der Waals surface area contributed by atoms with Crippen LogP contribution in [0.1, 0.15) is 45.2 Å². The van der Waals surface area contributed by atoms with E-state index in [4.69, 9.17) is 4.74 Å². The van der Waals surface area contributed by atoms with Gasteiger partial charge in [0.15, 0.2) is 11.5 Å². The minimum Gasteiger partial charge on any atom is -0.378 e. The van der Waals surface area contributed by atoms with E-state index in [1.807, 2.05) is 27.7 Å². The molecule has 3 aliphatic rings. The first-order chi connectivity index (χ1) is 13.7. The molecular weight excluding hydrogens is 356 g/mol. The Morgan fingerprint density at radius 1 is 0.929 bits per heavy atom. The fraction of sp³-hybridized carbons (Fsp3) is 0.476. The number of amides is 2. The molecule has 2 amide bonds. The van der Waals surface area contributed by atoms with Crippen LogP contribution in [0.15, 0.2) is 24.3 Å². The number of carbonyl (C=O) groups excluding carboxylic acids is 2. The molecule has 7 nitrogen and oxygen atoms in total. The highest BCUT2D eigenvalue weighted by Gasteiger charge is 2.34. The van der Waals surface area contributed by atoms with E-state index in [0.717, 1.165) is 43.6 Å². The quantitative estimate of drug-likeness (QED) is 0.798. The van der Waals surface area contributed by atoms with Gasteiger partial charge in [0.1, 0.15) is 0 Å². The molecule has 2 aromatic rings. The maximum Gasteiger partial charge on any atom is 0.290 e. The zero-order valence-electron chi connectivity index (χ0n) is 15.9. The van der Waals surface area contributed by atoms with E-state index in [0.29, 0.717) is 44.4 Å². The summed E-state index contributed by atoms with van der Waals surface area (Å²) in [6.07, 6.45) is 3.68. The molecule has 0 aliphatic carbocycles. The summed E-state index contributed by atoms with van der Waals surface area (Å²) in [4.78, 5) is 34.7. The molecule has 5 rings (SSSR count). The maximum absolute atomic E-state index is 13.4. The van der Waals surface area contributed by atoms with Crippen molar-refractivity contribution in [2.45, 2.75) is 32.2 Å². The van der Waals surface area contributed by atoms with Crippen LogP contribution in [0.2, 0.25) is 0 Å². The highest BCUT2D eigenvalue weighted by atomic mass is 16.5. The second-order valence-electron chi connectivity index (χ2n) is 7.58. The molecule has 1 aromatic heterocycles. The van der Waals surface area contributed by atoms with Gasteiger partial charge in [-0.25, -0.2) is 4.98 Å². The van der Waals surface area contributed by atoms with Crippen molar-refractivity contribution in [2.75, 3.05) is 37.7 Å². The monoisotopic (exact) mass is 380 g/mol. The van der Waals surface area contributed by atoms with Gasteiger partial charge < -0.3 is 19.1 Å². The van der Waals surface area contributed by atoms with Crippen molar-refractivity contribution < 1.29 is 14.3 Å². The van der Waals surface area contributed by atoms with Crippen LogP contribution < -0.4 is 4.90 Å². The van der Waals surface area contributed by atoms with Crippen LogP contribution in [-0.4, -0.2) is 59.1 Å². The van der Waals surface area contributed by atoms with Crippen molar-refractivity contribution in [3.05, 3.63) is 47.0 Å². The number of fused-ring (bicyclic) bond motifs is 2. The first-order valence-electron chi connectivity index (χ1n) is 10.1. The number of rotatable bonds is 2. The molecular formula is C21H24N4O3. The minimum absolute atomic E-state index is 0.0865. The Morgan fingerprint density at radius 3 is 2.61 bits per heavy atom. The fourth-order valence-electron chi connectivity index (χ4n) is 4.46. The van der Waals surface area contributed by atoms with Gasteiger partial charge in [-0.1, -0.05) is 18.2 Å². The molecule has 4 heterocycles. The number of hydrogen-bond acceptors (Lipinski definition) is 4. The molecule has 3 aliphatic heterocycles. The van der Waals surface area contributed by atoms with Crippen LogP contribution in [0.3, 0.4) is 0 Å². The van der Waals surface area contributed by atoms with Gasteiger partial charge in [-0.05, 0) is 37.3 Å². The van der Waals surface area contributed by atoms with Gasteiger partial charge in [0.2, 0.25) is 0 Å². The van der Waals surface area contributed by atoms with Crippen LogP contribution in [0.5, 0.6) is 0 Å². The van der Waals surface area contributed by atoms with Crippen LogP contribution in [0, 0.1) is 0 Å². The lowest BCUT2D eigenvalue weighted by molar-refractivity contribution is 0.0291. The lowest BCUT2D eigenvalue weighted by Gasteiger charge is -2.27. The molecule has 0 radical (unpaired) electrons. The van der Waals surface area contributed by atoms with Gasteiger partial charge in [-0.3, -0.25) is 9.59 Å². The molecule has 0 bridgehead atoms.